The van der Waals surface area contributed by atoms with E-state index < -0.39 is 0 Å². The second kappa shape index (κ2) is 4.12. The highest BCUT2D eigenvalue weighted by Crippen LogP contribution is 2.10. The maximum atomic E-state index is 8.73. The average molecular weight is 166 g/mol. The fourth-order valence-corrected chi connectivity index (χ4v) is 0.945. The Bertz CT molecular complexity index is 271. The Morgan fingerprint density at radius 1 is 1.67 bits per heavy atom. The number of hydrogen-bond acceptors (Lipinski definition) is 2. The highest BCUT2D eigenvalue weighted by atomic mass is 16.3. The SMILES string of the molecule is C/C(=C/Cc1occc1C)CO. The summed E-state index contributed by atoms with van der Waals surface area (Å²) in [6.45, 7) is 4.04. The predicted octanol–water partition coefficient (Wildman–Crippen LogP) is 2.07. The summed E-state index contributed by atoms with van der Waals surface area (Å²) >= 11 is 0. The standard InChI is InChI=1S/C10H14O2/c1-8(7-11)3-4-10-9(2)5-6-12-10/h3,5-6,11H,4,7H2,1-2H3/b8-3-. The molecule has 0 aromatic carbocycles. The molecule has 0 aliphatic rings. The molecule has 0 fully saturated rings. The molecule has 0 radical (unpaired) electrons. The highest BCUT2D eigenvalue weighted by Gasteiger charge is 1.98. The van der Waals surface area contributed by atoms with Crippen molar-refractivity contribution in [2.75, 3.05) is 6.61 Å². The van der Waals surface area contributed by atoms with E-state index in [1.807, 2.05) is 26.0 Å². The number of rotatable bonds is 3. The first kappa shape index (κ1) is 9.07. The highest BCUT2D eigenvalue weighted by molar-refractivity contribution is 5.18. The van der Waals surface area contributed by atoms with Crippen molar-refractivity contribution >= 4 is 0 Å². The second-order valence-corrected chi connectivity index (χ2v) is 2.94. The molecule has 0 aliphatic heterocycles. The van der Waals surface area contributed by atoms with Crippen LogP contribution in [0.2, 0.25) is 0 Å². The van der Waals surface area contributed by atoms with Crippen molar-refractivity contribution in [1.29, 1.82) is 0 Å². The van der Waals surface area contributed by atoms with Gasteiger partial charge in [-0.05, 0) is 25.5 Å². The van der Waals surface area contributed by atoms with E-state index in [1.54, 1.807) is 6.26 Å². The summed E-state index contributed by atoms with van der Waals surface area (Å²) in [6.07, 6.45) is 4.43. The minimum atomic E-state index is 0.125. The second-order valence-electron chi connectivity index (χ2n) is 2.94. The molecule has 12 heavy (non-hydrogen) atoms. The van der Waals surface area contributed by atoms with Crippen LogP contribution < -0.4 is 0 Å². The van der Waals surface area contributed by atoms with Gasteiger partial charge in [0.1, 0.15) is 5.76 Å². The van der Waals surface area contributed by atoms with Gasteiger partial charge in [0.05, 0.1) is 12.9 Å². The van der Waals surface area contributed by atoms with Gasteiger partial charge >= 0.3 is 0 Å². The van der Waals surface area contributed by atoms with Gasteiger partial charge in [0, 0.05) is 6.42 Å². The molecule has 0 saturated carbocycles. The van der Waals surface area contributed by atoms with Crippen LogP contribution in [0.25, 0.3) is 0 Å². The Balaban J connectivity index is 2.59. The molecule has 0 aliphatic carbocycles. The van der Waals surface area contributed by atoms with Gasteiger partial charge in [-0.2, -0.15) is 0 Å². The number of aliphatic hydroxyl groups excluding tert-OH is 1. The van der Waals surface area contributed by atoms with Crippen LogP contribution in [0.3, 0.4) is 0 Å². The smallest absolute Gasteiger partial charge is 0.110 e. The molecule has 1 rings (SSSR count). The van der Waals surface area contributed by atoms with Crippen LogP contribution in [-0.2, 0) is 6.42 Å². The van der Waals surface area contributed by atoms with Gasteiger partial charge in [-0.15, -0.1) is 0 Å². The molecule has 66 valence electrons. The Morgan fingerprint density at radius 3 is 2.92 bits per heavy atom. The molecular weight excluding hydrogens is 152 g/mol. The van der Waals surface area contributed by atoms with Gasteiger partial charge in [-0.1, -0.05) is 11.6 Å². The summed E-state index contributed by atoms with van der Waals surface area (Å²) in [5, 5.41) is 8.73. The third-order valence-corrected chi connectivity index (χ3v) is 1.85. The lowest BCUT2D eigenvalue weighted by Gasteiger charge is -1.95. The van der Waals surface area contributed by atoms with E-state index >= 15 is 0 Å². The molecule has 0 saturated heterocycles. The van der Waals surface area contributed by atoms with Crippen molar-refractivity contribution < 1.29 is 9.52 Å². The molecule has 0 bridgehead atoms. The normalized spacial score (nSPS) is 12.1. The Hall–Kier alpha value is -1.02. The molecule has 1 aromatic heterocycles. The number of aliphatic hydroxyl groups is 1. The Kier molecular flexibility index (Phi) is 3.11. The van der Waals surface area contributed by atoms with Crippen LogP contribution in [0.1, 0.15) is 18.2 Å². The van der Waals surface area contributed by atoms with Crippen LogP contribution in [0, 0.1) is 6.92 Å². The van der Waals surface area contributed by atoms with Crippen molar-refractivity contribution in [2.45, 2.75) is 20.3 Å². The van der Waals surface area contributed by atoms with E-state index in [1.165, 1.54) is 0 Å². The Labute approximate surface area is 72.5 Å². The lowest BCUT2D eigenvalue weighted by molar-refractivity contribution is 0.331. The summed E-state index contributed by atoms with van der Waals surface area (Å²) in [6, 6.07) is 1.94. The topological polar surface area (TPSA) is 33.4 Å². The maximum Gasteiger partial charge on any atom is 0.110 e. The molecule has 0 spiro atoms. The van der Waals surface area contributed by atoms with E-state index in [0.29, 0.717) is 0 Å². The van der Waals surface area contributed by atoms with Gasteiger partial charge in [0.2, 0.25) is 0 Å². The number of aryl methyl sites for hydroxylation is 1. The van der Waals surface area contributed by atoms with E-state index in [2.05, 4.69) is 0 Å². The molecule has 1 N–H and O–H groups in total. The van der Waals surface area contributed by atoms with Crippen LogP contribution in [0.5, 0.6) is 0 Å². The summed E-state index contributed by atoms with van der Waals surface area (Å²) in [7, 11) is 0. The van der Waals surface area contributed by atoms with E-state index in [-0.39, 0.29) is 6.61 Å². The summed E-state index contributed by atoms with van der Waals surface area (Å²) < 4.78 is 5.23. The molecule has 2 heteroatoms. The zero-order chi connectivity index (χ0) is 8.97. The van der Waals surface area contributed by atoms with Crippen LogP contribution in [0.15, 0.2) is 28.4 Å². The Morgan fingerprint density at radius 2 is 2.42 bits per heavy atom. The van der Waals surface area contributed by atoms with Crippen molar-refractivity contribution in [1.82, 2.24) is 0 Å². The van der Waals surface area contributed by atoms with Crippen molar-refractivity contribution in [3.8, 4) is 0 Å². The molecular formula is C10H14O2. The van der Waals surface area contributed by atoms with Crippen molar-refractivity contribution in [3.05, 3.63) is 35.3 Å². The quantitative estimate of drug-likeness (QED) is 0.697. The molecule has 0 amide bonds. The van der Waals surface area contributed by atoms with Crippen molar-refractivity contribution in [3.63, 3.8) is 0 Å². The predicted molar refractivity (Wildman–Crippen MR) is 48.0 cm³/mol. The lowest BCUT2D eigenvalue weighted by Crippen LogP contribution is -1.87. The third-order valence-electron chi connectivity index (χ3n) is 1.85. The molecule has 0 unspecified atom stereocenters. The fourth-order valence-electron chi connectivity index (χ4n) is 0.945. The van der Waals surface area contributed by atoms with Crippen molar-refractivity contribution in [2.24, 2.45) is 0 Å². The minimum absolute atomic E-state index is 0.125. The first-order chi connectivity index (χ1) is 5.74. The van der Waals surface area contributed by atoms with Gasteiger partial charge in [-0.3, -0.25) is 0 Å². The zero-order valence-electron chi connectivity index (χ0n) is 7.50. The number of hydrogen-bond donors (Lipinski definition) is 1. The summed E-state index contributed by atoms with van der Waals surface area (Å²) in [5.74, 6) is 0.975. The first-order valence-corrected chi connectivity index (χ1v) is 4.03. The molecule has 1 aromatic rings. The number of allylic oxidation sites excluding steroid dienone is 1. The van der Waals surface area contributed by atoms with E-state index in [4.69, 9.17) is 9.52 Å². The summed E-state index contributed by atoms with van der Waals surface area (Å²) in [4.78, 5) is 0. The largest absolute Gasteiger partial charge is 0.469 e. The zero-order valence-corrected chi connectivity index (χ0v) is 7.50. The van der Waals surface area contributed by atoms with Crippen LogP contribution in [-0.4, -0.2) is 11.7 Å². The van der Waals surface area contributed by atoms with Gasteiger partial charge in [-0.25, -0.2) is 0 Å². The first-order valence-electron chi connectivity index (χ1n) is 4.03. The fraction of sp³-hybridized carbons (Fsp3) is 0.400. The van der Waals surface area contributed by atoms with Crippen LogP contribution >= 0.6 is 0 Å². The monoisotopic (exact) mass is 166 g/mol. The van der Waals surface area contributed by atoms with Gasteiger partial charge in [0.25, 0.3) is 0 Å². The summed E-state index contributed by atoms with van der Waals surface area (Å²) in [5.41, 5.74) is 2.14. The van der Waals surface area contributed by atoms with E-state index in [0.717, 1.165) is 23.3 Å². The third kappa shape index (κ3) is 2.24. The minimum Gasteiger partial charge on any atom is -0.469 e. The molecule has 1 heterocycles. The molecule has 2 nitrogen and oxygen atoms in total. The average Bonchev–Trinajstić information content (AvgIpc) is 2.47. The molecule has 0 atom stereocenters. The number of furan rings is 1. The maximum absolute atomic E-state index is 8.73. The van der Waals surface area contributed by atoms with Gasteiger partial charge < -0.3 is 9.52 Å². The lowest BCUT2D eigenvalue weighted by atomic mass is 10.2. The van der Waals surface area contributed by atoms with Crippen LogP contribution in [0.4, 0.5) is 0 Å². The van der Waals surface area contributed by atoms with E-state index in [9.17, 15) is 0 Å². The van der Waals surface area contributed by atoms with Gasteiger partial charge in [0.15, 0.2) is 0 Å².